The number of hydrogen-bond acceptors (Lipinski definition) is 3. The van der Waals surface area contributed by atoms with Crippen molar-refractivity contribution in [1.82, 2.24) is 5.32 Å². The molecule has 0 saturated heterocycles. The predicted octanol–water partition coefficient (Wildman–Crippen LogP) is 1.83. The number of aryl methyl sites for hydroxylation is 1. The van der Waals surface area contributed by atoms with Gasteiger partial charge in [0.1, 0.15) is 0 Å². The third-order valence-electron chi connectivity index (χ3n) is 2.57. The van der Waals surface area contributed by atoms with Crippen LogP contribution in [0, 0.1) is 6.92 Å². The van der Waals surface area contributed by atoms with Gasteiger partial charge in [-0.1, -0.05) is 0 Å². The van der Waals surface area contributed by atoms with Crippen molar-refractivity contribution in [2.24, 2.45) is 0 Å². The molecule has 0 aromatic heterocycles. The molecule has 0 saturated carbocycles. The van der Waals surface area contributed by atoms with Crippen LogP contribution in [0.3, 0.4) is 0 Å². The molecule has 0 fully saturated rings. The first-order valence-corrected chi connectivity index (χ1v) is 5.86. The van der Waals surface area contributed by atoms with Crippen LogP contribution in [-0.4, -0.2) is 40.4 Å². The first-order valence-electron chi connectivity index (χ1n) is 5.86. The van der Waals surface area contributed by atoms with Gasteiger partial charge in [0.25, 0.3) is 0 Å². The van der Waals surface area contributed by atoms with Crippen molar-refractivity contribution >= 4 is 17.4 Å². The first-order chi connectivity index (χ1) is 8.54. The summed E-state index contributed by atoms with van der Waals surface area (Å²) in [7, 11) is 5.57. The van der Waals surface area contributed by atoms with Crippen LogP contribution in [0.25, 0.3) is 0 Å². The number of carbonyl (C=O) groups is 1. The Hall–Kier alpha value is -1.75. The highest BCUT2D eigenvalue weighted by Crippen LogP contribution is 2.21. The number of anilines is 2. The molecule has 0 unspecified atom stereocenters. The fourth-order valence-corrected chi connectivity index (χ4v) is 1.50. The number of nitrogens with zero attached hydrogens (tertiary/aromatic N) is 1. The van der Waals surface area contributed by atoms with Crippen LogP contribution < -0.4 is 15.5 Å². The maximum atomic E-state index is 11.6. The van der Waals surface area contributed by atoms with Crippen LogP contribution in [0.2, 0.25) is 0 Å². The first kappa shape index (κ1) is 14.3. The van der Waals surface area contributed by atoms with E-state index in [4.69, 9.17) is 4.74 Å². The molecule has 0 radical (unpaired) electrons. The number of carbonyl (C=O) groups excluding carboxylic acids is 1. The zero-order chi connectivity index (χ0) is 13.5. The van der Waals surface area contributed by atoms with Crippen molar-refractivity contribution in [2.75, 3.05) is 44.6 Å². The molecular formula is C13H21N3O2. The molecule has 5 nitrogen and oxygen atoms in total. The Bertz CT molecular complexity index is 405. The van der Waals surface area contributed by atoms with E-state index in [-0.39, 0.29) is 6.03 Å². The molecule has 0 spiro atoms. The topological polar surface area (TPSA) is 53.6 Å². The summed E-state index contributed by atoms with van der Waals surface area (Å²) >= 11 is 0. The van der Waals surface area contributed by atoms with Crippen LogP contribution in [-0.2, 0) is 4.74 Å². The molecule has 0 aliphatic rings. The van der Waals surface area contributed by atoms with Gasteiger partial charge in [-0.05, 0) is 30.7 Å². The number of ether oxygens (including phenoxy) is 1. The Kier molecular flexibility index (Phi) is 5.45. The van der Waals surface area contributed by atoms with E-state index in [1.165, 1.54) is 0 Å². The van der Waals surface area contributed by atoms with Crippen LogP contribution >= 0.6 is 0 Å². The Labute approximate surface area is 108 Å². The number of hydrogen-bond donors (Lipinski definition) is 2. The van der Waals surface area contributed by atoms with Gasteiger partial charge in [0.2, 0.25) is 0 Å². The quantitative estimate of drug-likeness (QED) is 0.785. The Morgan fingerprint density at radius 2 is 2.11 bits per heavy atom. The summed E-state index contributed by atoms with van der Waals surface area (Å²) in [6.45, 7) is 2.97. The average Bonchev–Trinajstić information content (AvgIpc) is 2.32. The number of methoxy groups -OCH3 is 1. The van der Waals surface area contributed by atoms with Crippen molar-refractivity contribution in [3.8, 4) is 0 Å². The van der Waals surface area contributed by atoms with Gasteiger partial charge in [0, 0.05) is 39.1 Å². The lowest BCUT2D eigenvalue weighted by molar-refractivity contribution is 0.198. The van der Waals surface area contributed by atoms with Gasteiger partial charge in [-0.3, -0.25) is 0 Å². The largest absolute Gasteiger partial charge is 0.383 e. The van der Waals surface area contributed by atoms with E-state index in [0.717, 1.165) is 16.9 Å². The summed E-state index contributed by atoms with van der Waals surface area (Å²) in [6.07, 6.45) is 0. The standard InChI is InChI=1S/C13H21N3O2/c1-10-9-11(16(2)3)5-6-12(10)15-13(17)14-7-8-18-4/h5-6,9H,7-8H2,1-4H3,(H2,14,15,17). The van der Waals surface area contributed by atoms with Gasteiger partial charge in [0.15, 0.2) is 0 Å². The normalized spacial score (nSPS) is 10.0. The Balaban J connectivity index is 2.59. The van der Waals surface area contributed by atoms with Crippen molar-refractivity contribution in [3.63, 3.8) is 0 Å². The van der Waals surface area contributed by atoms with Crippen molar-refractivity contribution in [3.05, 3.63) is 23.8 Å². The zero-order valence-corrected chi connectivity index (χ0v) is 11.4. The van der Waals surface area contributed by atoms with Gasteiger partial charge in [-0.2, -0.15) is 0 Å². The minimum Gasteiger partial charge on any atom is -0.383 e. The number of nitrogens with one attached hydrogen (secondary N) is 2. The van der Waals surface area contributed by atoms with Crippen molar-refractivity contribution in [1.29, 1.82) is 0 Å². The maximum absolute atomic E-state index is 11.6. The molecule has 1 rings (SSSR count). The molecular weight excluding hydrogens is 230 g/mol. The highest BCUT2D eigenvalue weighted by molar-refractivity contribution is 5.90. The third kappa shape index (κ3) is 4.25. The van der Waals surface area contributed by atoms with E-state index in [2.05, 4.69) is 10.6 Å². The summed E-state index contributed by atoms with van der Waals surface area (Å²) < 4.78 is 4.86. The lowest BCUT2D eigenvalue weighted by atomic mass is 10.1. The molecule has 0 aliphatic heterocycles. The molecule has 5 heteroatoms. The van der Waals surface area contributed by atoms with E-state index in [0.29, 0.717) is 13.2 Å². The molecule has 0 heterocycles. The minimum absolute atomic E-state index is 0.215. The summed E-state index contributed by atoms with van der Waals surface area (Å²) in [4.78, 5) is 13.6. The fraction of sp³-hybridized carbons (Fsp3) is 0.462. The van der Waals surface area contributed by atoms with Crippen LogP contribution in [0.1, 0.15) is 5.56 Å². The lowest BCUT2D eigenvalue weighted by Crippen LogP contribution is -2.31. The van der Waals surface area contributed by atoms with Crippen LogP contribution in [0.4, 0.5) is 16.2 Å². The predicted molar refractivity (Wildman–Crippen MR) is 74.4 cm³/mol. The number of rotatable bonds is 5. The Morgan fingerprint density at radius 3 is 2.67 bits per heavy atom. The number of benzene rings is 1. The third-order valence-corrected chi connectivity index (χ3v) is 2.57. The van der Waals surface area contributed by atoms with Crippen LogP contribution in [0.5, 0.6) is 0 Å². The highest BCUT2D eigenvalue weighted by Gasteiger charge is 2.05. The van der Waals surface area contributed by atoms with Gasteiger partial charge in [-0.15, -0.1) is 0 Å². The fourth-order valence-electron chi connectivity index (χ4n) is 1.50. The van der Waals surface area contributed by atoms with Gasteiger partial charge in [-0.25, -0.2) is 4.79 Å². The molecule has 0 aliphatic carbocycles. The monoisotopic (exact) mass is 251 g/mol. The van der Waals surface area contributed by atoms with E-state index >= 15 is 0 Å². The van der Waals surface area contributed by atoms with E-state index in [1.807, 2.05) is 44.1 Å². The molecule has 0 bridgehead atoms. The van der Waals surface area contributed by atoms with Gasteiger partial charge in [0.05, 0.1) is 6.61 Å². The molecule has 1 aromatic rings. The summed E-state index contributed by atoms with van der Waals surface area (Å²) in [5, 5.41) is 5.52. The minimum atomic E-state index is -0.215. The SMILES string of the molecule is COCCNC(=O)Nc1ccc(N(C)C)cc1C. The molecule has 2 amide bonds. The molecule has 100 valence electrons. The number of urea groups is 1. The van der Waals surface area contributed by atoms with E-state index in [9.17, 15) is 4.79 Å². The highest BCUT2D eigenvalue weighted by atomic mass is 16.5. The van der Waals surface area contributed by atoms with Crippen molar-refractivity contribution < 1.29 is 9.53 Å². The smallest absolute Gasteiger partial charge is 0.319 e. The number of amides is 2. The van der Waals surface area contributed by atoms with Crippen LogP contribution in [0.15, 0.2) is 18.2 Å². The second-order valence-corrected chi connectivity index (χ2v) is 4.27. The summed E-state index contributed by atoms with van der Waals surface area (Å²) in [5.74, 6) is 0. The maximum Gasteiger partial charge on any atom is 0.319 e. The summed E-state index contributed by atoms with van der Waals surface area (Å²) in [5.41, 5.74) is 2.96. The van der Waals surface area contributed by atoms with E-state index < -0.39 is 0 Å². The summed E-state index contributed by atoms with van der Waals surface area (Å²) in [6, 6.07) is 5.69. The molecule has 0 atom stereocenters. The average molecular weight is 251 g/mol. The molecule has 2 N–H and O–H groups in total. The Morgan fingerprint density at radius 1 is 1.39 bits per heavy atom. The van der Waals surface area contributed by atoms with Gasteiger partial charge >= 0.3 is 6.03 Å². The molecule has 18 heavy (non-hydrogen) atoms. The zero-order valence-electron chi connectivity index (χ0n) is 11.4. The molecule has 1 aromatic carbocycles. The van der Waals surface area contributed by atoms with Gasteiger partial charge < -0.3 is 20.3 Å². The lowest BCUT2D eigenvalue weighted by Gasteiger charge is -2.15. The second kappa shape index (κ2) is 6.86. The second-order valence-electron chi connectivity index (χ2n) is 4.27. The van der Waals surface area contributed by atoms with E-state index in [1.54, 1.807) is 7.11 Å². The van der Waals surface area contributed by atoms with Crippen molar-refractivity contribution in [2.45, 2.75) is 6.92 Å².